The fourth-order valence-corrected chi connectivity index (χ4v) is 3.91. The lowest BCUT2D eigenvalue weighted by atomic mass is 10.2. The summed E-state index contributed by atoms with van der Waals surface area (Å²) in [6.07, 6.45) is 5.18. The molecular formula is C22H35N7O. The molecule has 0 aliphatic carbocycles. The lowest BCUT2D eigenvalue weighted by molar-refractivity contribution is 0.267. The van der Waals surface area contributed by atoms with Crippen LogP contribution in [0.4, 0.5) is 0 Å². The summed E-state index contributed by atoms with van der Waals surface area (Å²) < 4.78 is 7.41. The van der Waals surface area contributed by atoms with Crippen LogP contribution in [0.25, 0.3) is 0 Å². The molecule has 0 amide bonds. The van der Waals surface area contributed by atoms with Crippen molar-refractivity contribution in [1.82, 2.24) is 30.3 Å². The third-order valence-electron chi connectivity index (χ3n) is 5.62. The molecule has 1 saturated heterocycles. The van der Waals surface area contributed by atoms with E-state index in [1.54, 1.807) is 13.4 Å². The zero-order chi connectivity index (χ0) is 21.2. The van der Waals surface area contributed by atoms with E-state index in [-0.39, 0.29) is 0 Å². The highest BCUT2D eigenvalue weighted by atomic mass is 16.5. The number of aromatic nitrogens is 3. The lowest BCUT2D eigenvalue weighted by Crippen LogP contribution is -2.45. The van der Waals surface area contributed by atoms with E-state index in [0.29, 0.717) is 12.6 Å². The summed E-state index contributed by atoms with van der Waals surface area (Å²) in [4.78, 5) is 7.36. The topological polar surface area (TPSA) is 79.6 Å². The number of aryl methyl sites for hydroxylation is 1. The van der Waals surface area contributed by atoms with Crippen LogP contribution in [0.5, 0.6) is 5.75 Å². The minimum absolute atomic E-state index is 0.573. The van der Waals surface area contributed by atoms with Gasteiger partial charge in [0.05, 0.1) is 13.7 Å². The Morgan fingerprint density at radius 3 is 3.00 bits per heavy atom. The van der Waals surface area contributed by atoms with Crippen LogP contribution < -0.4 is 15.4 Å². The average molecular weight is 414 g/mol. The molecule has 1 aliphatic rings. The second-order valence-corrected chi connectivity index (χ2v) is 7.54. The van der Waals surface area contributed by atoms with Crippen LogP contribution in [0.1, 0.15) is 38.1 Å². The predicted molar refractivity (Wildman–Crippen MR) is 120 cm³/mol. The van der Waals surface area contributed by atoms with Gasteiger partial charge in [-0.25, -0.2) is 4.99 Å². The number of rotatable bonds is 10. The number of likely N-dealkylation sites (tertiary alicyclic amines) is 1. The third kappa shape index (κ3) is 6.19. The van der Waals surface area contributed by atoms with E-state index in [4.69, 9.17) is 9.73 Å². The van der Waals surface area contributed by atoms with Gasteiger partial charge in [0, 0.05) is 32.1 Å². The van der Waals surface area contributed by atoms with Crippen molar-refractivity contribution in [3.8, 4) is 5.75 Å². The zero-order valence-electron chi connectivity index (χ0n) is 18.5. The van der Waals surface area contributed by atoms with E-state index >= 15 is 0 Å². The highest BCUT2D eigenvalue weighted by molar-refractivity contribution is 5.79. The van der Waals surface area contributed by atoms with Crippen molar-refractivity contribution in [1.29, 1.82) is 0 Å². The van der Waals surface area contributed by atoms with Crippen molar-refractivity contribution in [2.75, 3.05) is 33.3 Å². The summed E-state index contributed by atoms with van der Waals surface area (Å²) >= 11 is 0. The second kappa shape index (κ2) is 11.5. The molecule has 1 aromatic heterocycles. The Morgan fingerprint density at radius 2 is 2.20 bits per heavy atom. The Labute approximate surface area is 179 Å². The maximum atomic E-state index is 5.33. The standard InChI is InChI=1S/C22H35N7O/c1-4-21-27-26-17-29(21)13-11-23-22(25-16-19-9-7-12-28(19)5-2)24-15-18-8-6-10-20(14-18)30-3/h6,8,10,14,17,19H,4-5,7,9,11-13,15-16H2,1-3H3,(H2,23,24,25). The van der Waals surface area contributed by atoms with Crippen molar-refractivity contribution in [3.05, 3.63) is 42.0 Å². The van der Waals surface area contributed by atoms with E-state index in [0.717, 1.165) is 55.7 Å². The van der Waals surface area contributed by atoms with Crippen molar-refractivity contribution in [3.63, 3.8) is 0 Å². The maximum Gasteiger partial charge on any atom is 0.191 e. The van der Waals surface area contributed by atoms with Crippen molar-refractivity contribution >= 4 is 5.96 Å². The normalized spacial score (nSPS) is 17.3. The molecule has 2 N–H and O–H groups in total. The van der Waals surface area contributed by atoms with Crippen LogP contribution >= 0.6 is 0 Å². The first kappa shape index (κ1) is 22.1. The molecule has 2 heterocycles. The molecule has 0 saturated carbocycles. The molecule has 1 atom stereocenters. The van der Waals surface area contributed by atoms with Crippen LogP contribution in [-0.4, -0.2) is 65.0 Å². The smallest absolute Gasteiger partial charge is 0.191 e. The van der Waals surface area contributed by atoms with Gasteiger partial charge >= 0.3 is 0 Å². The number of hydrogen-bond acceptors (Lipinski definition) is 5. The number of ether oxygens (including phenoxy) is 1. The first-order valence-corrected chi connectivity index (χ1v) is 11.0. The van der Waals surface area contributed by atoms with Gasteiger partial charge in [0.25, 0.3) is 0 Å². The zero-order valence-corrected chi connectivity index (χ0v) is 18.5. The molecule has 164 valence electrons. The molecule has 30 heavy (non-hydrogen) atoms. The van der Waals surface area contributed by atoms with Crippen LogP contribution in [0.2, 0.25) is 0 Å². The third-order valence-corrected chi connectivity index (χ3v) is 5.62. The Bertz CT molecular complexity index is 804. The molecule has 0 bridgehead atoms. The van der Waals surface area contributed by atoms with Gasteiger partial charge in [0.15, 0.2) is 5.96 Å². The fraction of sp³-hybridized carbons (Fsp3) is 0.591. The molecule has 2 aromatic rings. The minimum Gasteiger partial charge on any atom is -0.497 e. The van der Waals surface area contributed by atoms with Crippen LogP contribution in [-0.2, 0) is 19.5 Å². The van der Waals surface area contributed by atoms with E-state index in [9.17, 15) is 0 Å². The van der Waals surface area contributed by atoms with Crippen molar-refractivity contribution in [2.24, 2.45) is 4.99 Å². The Morgan fingerprint density at radius 1 is 1.30 bits per heavy atom. The fourth-order valence-electron chi connectivity index (χ4n) is 3.91. The van der Waals surface area contributed by atoms with Gasteiger partial charge in [-0.15, -0.1) is 10.2 Å². The lowest BCUT2D eigenvalue weighted by Gasteiger charge is -2.24. The van der Waals surface area contributed by atoms with Gasteiger partial charge in [-0.05, 0) is 43.6 Å². The van der Waals surface area contributed by atoms with Gasteiger partial charge in [0.2, 0.25) is 0 Å². The molecule has 8 heteroatoms. The molecule has 3 rings (SSSR count). The quantitative estimate of drug-likeness (QED) is 0.459. The predicted octanol–water partition coefficient (Wildman–Crippen LogP) is 2.07. The summed E-state index contributed by atoms with van der Waals surface area (Å²) in [5, 5.41) is 15.2. The molecule has 1 fully saturated rings. The van der Waals surface area contributed by atoms with E-state index < -0.39 is 0 Å². The van der Waals surface area contributed by atoms with Gasteiger partial charge < -0.3 is 19.9 Å². The number of guanidine groups is 1. The van der Waals surface area contributed by atoms with Crippen molar-refractivity contribution in [2.45, 2.75) is 52.2 Å². The highest BCUT2D eigenvalue weighted by Crippen LogP contribution is 2.16. The summed E-state index contributed by atoms with van der Waals surface area (Å²) in [5.41, 5.74) is 1.12. The van der Waals surface area contributed by atoms with Gasteiger partial charge in [-0.2, -0.15) is 0 Å². The molecule has 8 nitrogen and oxygen atoms in total. The number of aliphatic imine (C=N–C) groups is 1. The van der Waals surface area contributed by atoms with Crippen molar-refractivity contribution < 1.29 is 4.74 Å². The van der Waals surface area contributed by atoms with Crippen LogP contribution in [0.15, 0.2) is 35.6 Å². The number of benzene rings is 1. The summed E-state index contributed by atoms with van der Waals surface area (Å²) in [6.45, 7) is 9.70. The molecule has 1 aliphatic heterocycles. The Hall–Kier alpha value is -2.61. The first-order valence-electron chi connectivity index (χ1n) is 11.0. The Kier molecular flexibility index (Phi) is 8.50. The van der Waals surface area contributed by atoms with Crippen LogP contribution in [0.3, 0.4) is 0 Å². The SMILES string of the molecule is CCc1nncn1CCNC(=NCc1cccc(OC)c1)NCC1CCCN1CC. The largest absolute Gasteiger partial charge is 0.497 e. The first-order chi connectivity index (χ1) is 14.7. The number of methoxy groups -OCH3 is 1. The molecule has 0 radical (unpaired) electrons. The molecule has 1 unspecified atom stereocenters. The van der Waals surface area contributed by atoms with Crippen LogP contribution in [0, 0.1) is 0 Å². The maximum absolute atomic E-state index is 5.33. The summed E-state index contributed by atoms with van der Waals surface area (Å²) in [5.74, 6) is 2.70. The van der Waals surface area contributed by atoms with E-state index in [1.165, 1.54) is 19.4 Å². The number of likely N-dealkylation sites (N-methyl/N-ethyl adjacent to an activating group) is 1. The summed E-state index contributed by atoms with van der Waals surface area (Å²) in [6, 6.07) is 8.63. The van der Waals surface area contributed by atoms with Gasteiger partial charge in [0.1, 0.15) is 17.9 Å². The highest BCUT2D eigenvalue weighted by Gasteiger charge is 2.22. The Balaban J connectivity index is 1.60. The minimum atomic E-state index is 0.573. The van der Waals surface area contributed by atoms with E-state index in [2.05, 4.69) is 50.2 Å². The monoisotopic (exact) mass is 413 g/mol. The molecular weight excluding hydrogens is 378 g/mol. The van der Waals surface area contributed by atoms with E-state index in [1.807, 2.05) is 18.2 Å². The molecule has 1 aromatic carbocycles. The number of nitrogens with one attached hydrogen (secondary N) is 2. The van der Waals surface area contributed by atoms with Gasteiger partial charge in [-0.3, -0.25) is 4.90 Å². The second-order valence-electron chi connectivity index (χ2n) is 7.54. The molecule has 0 spiro atoms. The number of hydrogen-bond donors (Lipinski definition) is 2. The number of nitrogens with zero attached hydrogens (tertiary/aromatic N) is 5. The summed E-state index contributed by atoms with van der Waals surface area (Å²) in [7, 11) is 1.69. The average Bonchev–Trinajstić information content (AvgIpc) is 3.44. The van der Waals surface area contributed by atoms with Gasteiger partial charge in [-0.1, -0.05) is 26.0 Å².